The van der Waals surface area contributed by atoms with Crippen molar-refractivity contribution in [2.75, 3.05) is 5.73 Å². The van der Waals surface area contributed by atoms with Crippen molar-refractivity contribution in [3.05, 3.63) is 30.0 Å². The van der Waals surface area contributed by atoms with Crippen LogP contribution in [0, 0.1) is 6.92 Å². The molecule has 1 heterocycles. The van der Waals surface area contributed by atoms with Gasteiger partial charge in [0, 0.05) is 18.1 Å². The smallest absolute Gasteiger partial charge is 0.0604 e. The first kappa shape index (κ1) is 7.22. The average Bonchev–Trinajstić information content (AvgIpc) is 2.33. The molecular formula is C10H12N2. The lowest BCUT2D eigenvalue weighted by molar-refractivity contribution is 0.920. The number of nitrogens with two attached hydrogens (primary N) is 1. The summed E-state index contributed by atoms with van der Waals surface area (Å²) >= 11 is 0. The van der Waals surface area contributed by atoms with E-state index in [1.165, 1.54) is 5.52 Å². The molecular weight excluding hydrogens is 148 g/mol. The Balaban J connectivity index is 2.99. The number of rotatable bonds is 0. The van der Waals surface area contributed by atoms with Gasteiger partial charge in [0.2, 0.25) is 0 Å². The number of para-hydroxylation sites is 1. The fraction of sp³-hybridized carbons (Fsp3) is 0.200. The highest BCUT2D eigenvalue weighted by atomic mass is 15.0. The van der Waals surface area contributed by atoms with Gasteiger partial charge in [-0.3, -0.25) is 0 Å². The molecule has 0 aliphatic carbocycles. The molecule has 0 aliphatic heterocycles. The standard InChI is InChI=1S/C10H12N2/c1-7-10(11)8-5-3-4-6-9(8)12(7)2/h3-6H,11H2,1-2H3. The maximum absolute atomic E-state index is 5.92. The van der Waals surface area contributed by atoms with Gasteiger partial charge in [-0.15, -0.1) is 0 Å². The van der Waals surface area contributed by atoms with Crippen LogP contribution in [-0.2, 0) is 7.05 Å². The molecule has 12 heavy (non-hydrogen) atoms. The number of hydrogen-bond acceptors (Lipinski definition) is 1. The van der Waals surface area contributed by atoms with Crippen LogP contribution < -0.4 is 5.73 Å². The lowest BCUT2D eigenvalue weighted by atomic mass is 10.2. The first-order chi connectivity index (χ1) is 5.72. The largest absolute Gasteiger partial charge is 0.397 e. The summed E-state index contributed by atoms with van der Waals surface area (Å²) in [6, 6.07) is 8.18. The summed E-state index contributed by atoms with van der Waals surface area (Å²) in [4.78, 5) is 0. The monoisotopic (exact) mass is 160 g/mol. The molecule has 1 aromatic carbocycles. The van der Waals surface area contributed by atoms with Crippen LogP contribution in [0.5, 0.6) is 0 Å². The van der Waals surface area contributed by atoms with Crippen molar-refractivity contribution in [2.45, 2.75) is 6.92 Å². The molecule has 0 saturated carbocycles. The fourth-order valence-electron chi connectivity index (χ4n) is 1.55. The van der Waals surface area contributed by atoms with Crippen LogP contribution in [0.15, 0.2) is 24.3 Å². The molecule has 0 spiro atoms. The molecule has 2 aromatic rings. The van der Waals surface area contributed by atoms with Crippen LogP contribution in [0.1, 0.15) is 5.69 Å². The average molecular weight is 160 g/mol. The molecule has 0 saturated heterocycles. The van der Waals surface area contributed by atoms with Gasteiger partial charge >= 0.3 is 0 Å². The molecule has 0 radical (unpaired) electrons. The van der Waals surface area contributed by atoms with E-state index >= 15 is 0 Å². The molecule has 2 heteroatoms. The van der Waals surface area contributed by atoms with Gasteiger partial charge in [-0.2, -0.15) is 0 Å². The Morgan fingerprint density at radius 2 is 1.92 bits per heavy atom. The van der Waals surface area contributed by atoms with Crippen LogP contribution in [0.25, 0.3) is 10.9 Å². The Bertz CT molecular complexity index is 388. The summed E-state index contributed by atoms with van der Waals surface area (Å²) in [6.07, 6.45) is 0. The zero-order valence-corrected chi connectivity index (χ0v) is 7.33. The minimum atomic E-state index is 0.896. The van der Waals surface area contributed by atoms with Crippen molar-refractivity contribution in [1.29, 1.82) is 0 Å². The van der Waals surface area contributed by atoms with E-state index in [4.69, 9.17) is 5.73 Å². The zero-order valence-electron chi connectivity index (χ0n) is 7.33. The highest BCUT2D eigenvalue weighted by molar-refractivity contribution is 5.93. The summed E-state index contributed by atoms with van der Waals surface area (Å²) in [5, 5.41) is 1.15. The normalized spacial score (nSPS) is 10.8. The second kappa shape index (κ2) is 2.27. The molecule has 0 amide bonds. The summed E-state index contributed by atoms with van der Waals surface area (Å²) in [6.45, 7) is 2.04. The van der Waals surface area contributed by atoms with Crippen molar-refractivity contribution >= 4 is 16.6 Å². The second-order valence-electron chi connectivity index (χ2n) is 3.08. The highest BCUT2D eigenvalue weighted by Crippen LogP contribution is 2.26. The van der Waals surface area contributed by atoms with Crippen LogP contribution >= 0.6 is 0 Å². The molecule has 0 bridgehead atoms. The quantitative estimate of drug-likeness (QED) is 0.628. The SMILES string of the molecule is Cc1c(N)c2ccccc2n1C. The van der Waals surface area contributed by atoms with E-state index in [9.17, 15) is 0 Å². The van der Waals surface area contributed by atoms with E-state index in [0.717, 1.165) is 16.8 Å². The number of nitrogens with zero attached hydrogens (tertiary/aromatic N) is 1. The van der Waals surface area contributed by atoms with Crippen molar-refractivity contribution in [3.63, 3.8) is 0 Å². The Kier molecular flexibility index (Phi) is 1.37. The third kappa shape index (κ3) is 0.749. The van der Waals surface area contributed by atoms with E-state index in [2.05, 4.69) is 16.7 Å². The van der Waals surface area contributed by atoms with Gasteiger partial charge in [0.05, 0.1) is 11.2 Å². The molecule has 0 aliphatic rings. The topological polar surface area (TPSA) is 30.9 Å². The third-order valence-electron chi connectivity index (χ3n) is 2.45. The van der Waals surface area contributed by atoms with Crippen LogP contribution in [0.2, 0.25) is 0 Å². The predicted octanol–water partition coefficient (Wildman–Crippen LogP) is 2.07. The first-order valence-corrected chi connectivity index (χ1v) is 4.01. The number of fused-ring (bicyclic) bond motifs is 1. The molecule has 62 valence electrons. The molecule has 2 N–H and O–H groups in total. The van der Waals surface area contributed by atoms with Crippen molar-refractivity contribution in [1.82, 2.24) is 4.57 Å². The molecule has 2 rings (SSSR count). The molecule has 1 aromatic heterocycles. The maximum atomic E-state index is 5.92. The number of aryl methyl sites for hydroxylation is 1. The number of nitrogen functional groups attached to an aromatic ring is 1. The summed E-state index contributed by atoms with van der Waals surface area (Å²) in [7, 11) is 2.04. The minimum Gasteiger partial charge on any atom is -0.397 e. The number of hydrogen-bond donors (Lipinski definition) is 1. The minimum absolute atomic E-state index is 0.896. The first-order valence-electron chi connectivity index (χ1n) is 4.01. The summed E-state index contributed by atoms with van der Waals surface area (Å²) in [5.41, 5.74) is 9.15. The Morgan fingerprint density at radius 3 is 2.58 bits per heavy atom. The number of benzene rings is 1. The van der Waals surface area contributed by atoms with Gasteiger partial charge in [0.15, 0.2) is 0 Å². The van der Waals surface area contributed by atoms with E-state index in [1.807, 2.05) is 26.1 Å². The van der Waals surface area contributed by atoms with Crippen molar-refractivity contribution in [3.8, 4) is 0 Å². The van der Waals surface area contributed by atoms with E-state index in [0.29, 0.717) is 0 Å². The van der Waals surface area contributed by atoms with Crippen LogP contribution in [0.3, 0.4) is 0 Å². The lowest BCUT2D eigenvalue weighted by Crippen LogP contribution is -1.91. The summed E-state index contributed by atoms with van der Waals surface area (Å²) < 4.78 is 2.12. The number of anilines is 1. The van der Waals surface area contributed by atoms with Gasteiger partial charge in [-0.05, 0) is 13.0 Å². The Hall–Kier alpha value is -1.44. The van der Waals surface area contributed by atoms with Crippen LogP contribution in [0.4, 0.5) is 5.69 Å². The van der Waals surface area contributed by atoms with E-state index in [1.54, 1.807) is 0 Å². The fourth-order valence-corrected chi connectivity index (χ4v) is 1.55. The van der Waals surface area contributed by atoms with Crippen molar-refractivity contribution in [2.24, 2.45) is 7.05 Å². The van der Waals surface area contributed by atoms with E-state index in [-0.39, 0.29) is 0 Å². The van der Waals surface area contributed by atoms with Gasteiger partial charge in [-0.25, -0.2) is 0 Å². The van der Waals surface area contributed by atoms with Crippen molar-refractivity contribution < 1.29 is 0 Å². The maximum Gasteiger partial charge on any atom is 0.0604 e. The Morgan fingerprint density at radius 1 is 1.25 bits per heavy atom. The van der Waals surface area contributed by atoms with Gasteiger partial charge in [0.1, 0.15) is 0 Å². The second-order valence-corrected chi connectivity index (χ2v) is 3.08. The number of aromatic nitrogens is 1. The van der Waals surface area contributed by atoms with E-state index < -0.39 is 0 Å². The molecule has 2 nitrogen and oxygen atoms in total. The van der Waals surface area contributed by atoms with Gasteiger partial charge in [-0.1, -0.05) is 18.2 Å². The highest BCUT2D eigenvalue weighted by Gasteiger charge is 2.06. The molecule has 0 atom stereocenters. The van der Waals surface area contributed by atoms with Gasteiger partial charge in [0.25, 0.3) is 0 Å². The third-order valence-corrected chi connectivity index (χ3v) is 2.45. The van der Waals surface area contributed by atoms with Crippen LogP contribution in [-0.4, -0.2) is 4.57 Å². The molecule has 0 unspecified atom stereocenters. The Labute approximate surface area is 71.6 Å². The van der Waals surface area contributed by atoms with Gasteiger partial charge < -0.3 is 10.3 Å². The lowest BCUT2D eigenvalue weighted by Gasteiger charge is -1.96. The predicted molar refractivity (Wildman–Crippen MR) is 52.1 cm³/mol. The zero-order chi connectivity index (χ0) is 8.72. The molecule has 0 fully saturated rings. The summed E-state index contributed by atoms with van der Waals surface area (Å²) in [5.74, 6) is 0.